The molecule has 0 saturated carbocycles. The van der Waals surface area contributed by atoms with E-state index in [9.17, 15) is 9.59 Å². The van der Waals surface area contributed by atoms with E-state index in [4.69, 9.17) is 16.3 Å². The van der Waals surface area contributed by atoms with Gasteiger partial charge in [0.05, 0.1) is 23.9 Å². The molecule has 0 aliphatic rings. The second-order valence-corrected chi connectivity index (χ2v) is 6.22. The second-order valence-electron chi connectivity index (χ2n) is 5.84. The molecular weight excluding hydrogens is 340 g/mol. The quantitative estimate of drug-likeness (QED) is 0.720. The predicted octanol–water partition coefficient (Wildman–Crippen LogP) is 4.08. The van der Waals surface area contributed by atoms with Crippen LogP contribution in [0.25, 0.3) is 0 Å². The molecule has 0 spiro atoms. The maximum atomic E-state index is 12.3. The lowest BCUT2D eigenvalue weighted by Crippen LogP contribution is -2.19. The van der Waals surface area contributed by atoms with Crippen LogP contribution in [0.5, 0.6) is 5.75 Å². The van der Waals surface area contributed by atoms with Crippen LogP contribution in [0.2, 0.25) is 5.02 Å². The Morgan fingerprint density at radius 1 is 1.28 bits per heavy atom. The van der Waals surface area contributed by atoms with Crippen LogP contribution in [0, 0.1) is 0 Å². The van der Waals surface area contributed by atoms with E-state index in [0.717, 1.165) is 24.8 Å². The number of nitrogens with one attached hydrogen (secondary N) is 1. The van der Waals surface area contributed by atoms with Crippen molar-refractivity contribution in [2.24, 2.45) is 0 Å². The van der Waals surface area contributed by atoms with Gasteiger partial charge in [0.2, 0.25) is 5.91 Å². The van der Waals surface area contributed by atoms with Gasteiger partial charge < -0.3 is 14.6 Å². The van der Waals surface area contributed by atoms with Gasteiger partial charge >= 0.3 is 0 Å². The van der Waals surface area contributed by atoms with Crippen LogP contribution in [0.15, 0.2) is 41.3 Å². The van der Waals surface area contributed by atoms with Crippen LogP contribution < -0.4 is 15.6 Å². The van der Waals surface area contributed by atoms with E-state index in [-0.39, 0.29) is 11.5 Å². The average molecular weight is 363 g/mol. The number of carbonyl (C=O) groups is 1. The molecule has 1 aromatic heterocycles. The topological polar surface area (TPSA) is 60.3 Å². The normalized spacial score (nSPS) is 10.5. The number of aromatic nitrogens is 1. The highest BCUT2D eigenvalue weighted by molar-refractivity contribution is 6.34. The van der Waals surface area contributed by atoms with E-state index >= 15 is 0 Å². The molecule has 2 rings (SSSR count). The van der Waals surface area contributed by atoms with Crippen molar-refractivity contribution in [2.75, 3.05) is 11.9 Å². The molecule has 134 valence electrons. The zero-order valence-corrected chi connectivity index (χ0v) is 15.3. The van der Waals surface area contributed by atoms with Crippen molar-refractivity contribution >= 4 is 23.2 Å². The smallest absolute Gasteiger partial charge is 0.254 e. The third kappa shape index (κ3) is 5.64. The predicted molar refractivity (Wildman–Crippen MR) is 101 cm³/mol. The Labute approximate surface area is 152 Å². The Hall–Kier alpha value is -2.27. The molecule has 0 saturated heterocycles. The van der Waals surface area contributed by atoms with Gasteiger partial charge in [-0.25, -0.2) is 0 Å². The summed E-state index contributed by atoms with van der Waals surface area (Å²) in [5.74, 6) is 0.385. The highest BCUT2D eigenvalue weighted by atomic mass is 35.5. The molecule has 0 fully saturated rings. The van der Waals surface area contributed by atoms with Crippen LogP contribution in [0.3, 0.4) is 0 Å². The average Bonchev–Trinajstić information content (AvgIpc) is 2.57. The molecule has 25 heavy (non-hydrogen) atoms. The van der Waals surface area contributed by atoms with Crippen LogP contribution in [0.1, 0.15) is 38.7 Å². The lowest BCUT2D eigenvalue weighted by molar-refractivity contribution is -0.114. The minimum atomic E-state index is -0.194. The third-order valence-electron chi connectivity index (χ3n) is 3.71. The number of anilines is 1. The number of benzene rings is 1. The summed E-state index contributed by atoms with van der Waals surface area (Å²) in [5, 5.41) is 3.11. The molecule has 1 heterocycles. The molecule has 1 N–H and O–H groups in total. The summed E-state index contributed by atoms with van der Waals surface area (Å²) in [6.45, 7) is 4.49. The van der Waals surface area contributed by atoms with Gasteiger partial charge in [0.15, 0.2) is 0 Å². The summed E-state index contributed by atoms with van der Waals surface area (Å²) in [6, 6.07) is 8.61. The van der Waals surface area contributed by atoms with Crippen molar-refractivity contribution in [1.29, 1.82) is 0 Å². The highest BCUT2D eigenvalue weighted by Crippen LogP contribution is 2.26. The third-order valence-corrected chi connectivity index (χ3v) is 4.16. The lowest BCUT2D eigenvalue weighted by atomic mass is 10.2. The number of nitrogens with zero attached hydrogens (tertiary/aromatic N) is 1. The summed E-state index contributed by atoms with van der Waals surface area (Å²) >= 11 is 6.33. The first kappa shape index (κ1) is 19.1. The maximum Gasteiger partial charge on any atom is 0.254 e. The van der Waals surface area contributed by atoms with Crippen LogP contribution in [-0.2, 0) is 11.3 Å². The molecule has 1 aromatic carbocycles. The second kappa shape index (κ2) is 9.28. The number of amides is 1. The van der Waals surface area contributed by atoms with Crippen molar-refractivity contribution in [3.05, 3.63) is 57.5 Å². The van der Waals surface area contributed by atoms with Crippen LogP contribution in [0.4, 0.5) is 5.69 Å². The molecule has 5 nitrogen and oxygen atoms in total. The number of ether oxygens (including phenoxy) is 1. The number of hydrogen-bond acceptors (Lipinski definition) is 3. The fraction of sp³-hybridized carbons (Fsp3) is 0.368. The molecule has 0 aliphatic carbocycles. The zero-order valence-electron chi connectivity index (χ0n) is 14.5. The van der Waals surface area contributed by atoms with E-state index in [1.807, 2.05) is 6.07 Å². The maximum absolute atomic E-state index is 12.3. The molecular formula is C19H23ClN2O3. The van der Waals surface area contributed by atoms with E-state index in [1.54, 1.807) is 29.0 Å². The van der Waals surface area contributed by atoms with Crippen LogP contribution in [-0.4, -0.2) is 17.1 Å². The molecule has 0 aliphatic heterocycles. The number of pyridine rings is 1. The summed E-state index contributed by atoms with van der Waals surface area (Å²) in [7, 11) is 0. The summed E-state index contributed by atoms with van der Waals surface area (Å²) < 4.78 is 7.15. The van der Waals surface area contributed by atoms with Gasteiger partial charge in [-0.15, -0.1) is 0 Å². The van der Waals surface area contributed by atoms with E-state index in [1.165, 1.54) is 13.0 Å². The van der Waals surface area contributed by atoms with Crippen molar-refractivity contribution in [1.82, 2.24) is 4.57 Å². The zero-order chi connectivity index (χ0) is 18.2. The Bertz CT molecular complexity index is 786. The summed E-state index contributed by atoms with van der Waals surface area (Å²) in [4.78, 5) is 23.5. The molecule has 0 radical (unpaired) electrons. The largest absolute Gasteiger partial charge is 0.493 e. The summed E-state index contributed by atoms with van der Waals surface area (Å²) in [6.07, 6.45) is 4.91. The van der Waals surface area contributed by atoms with E-state index < -0.39 is 0 Å². The van der Waals surface area contributed by atoms with Gasteiger partial charge in [-0.1, -0.05) is 43.5 Å². The fourth-order valence-corrected chi connectivity index (χ4v) is 2.66. The highest BCUT2D eigenvalue weighted by Gasteiger charge is 2.09. The minimum absolute atomic E-state index is 0.158. The van der Waals surface area contributed by atoms with Crippen LogP contribution >= 0.6 is 11.6 Å². The molecule has 6 heteroatoms. The number of rotatable bonds is 8. The van der Waals surface area contributed by atoms with Gasteiger partial charge in [0.25, 0.3) is 5.56 Å². The molecule has 0 unspecified atom stereocenters. The van der Waals surface area contributed by atoms with Gasteiger partial charge in [-0.2, -0.15) is 0 Å². The van der Waals surface area contributed by atoms with Crippen molar-refractivity contribution in [3.63, 3.8) is 0 Å². The van der Waals surface area contributed by atoms with Gasteiger partial charge in [0, 0.05) is 19.2 Å². The Kier molecular flexibility index (Phi) is 7.07. The SMILES string of the molecule is CCCCCOc1ccn(Cc2cccc(NC(C)=O)c2Cl)c(=O)c1. The summed E-state index contributed by atoms with van der Waals surface area (Å²) in [5.41, 5.74) is 1.14. The lowest BCUT2D eigenvalue weighted by Gasteiger charge is -2.12. The first-order valence-corrected chi connectivity index (χ1v) is 8.77. The Morgan fingerprint density at radius 2 is 2.08 bits per heavy atom. The molecule has 0 atom stereocenters. The van der Waals surface area contributed by atoms with Gasteiger partial charge in [-0.05, 0) is 24.1 Å². The number of halogens is 1. The van der Waals surface area contributed by atoms with Gasteiger partial charge in [0.1, 0.15) is 5.75 Å². The molecule has 0 bridgehead atoms. The minimum Gasteiger partial charge on any atom is -0.493 e. The van der Waals surface area contributed by atoms with E-state index in [0.29, 0.717) is 29.6 Å². The first-order chi connectivity index (χ1) is 12.0. The van der Waals surface area contributed by atoms with Crippen molar-refractivity contribution < 1.29 is 9.53 Å². The number of unbranched alkanes of at least 4 members (excludes halogenated alkanes) is 2. The van der Waals surface area contributed by atoms with E-state index in [2.05, 4.69) is 12.2 Å². The molecule has 1 amide bonds. The standard InChI is InChI=1S/C19H23ClN2O3/c1-3-4-5-11-25-16-9-10-22(18(24)12-16)13-15-7-6-8-17(19(15)20)21-14(2)23/h6-10,12H,3-5,11,13H2,1-2H3,(H,21,23). The van der Waals surface area contributed by atoms with Gasteiger partial charge in [-0.3, -0.25) is 9.59 Å². The van der Waals surface area contributed by atoms with Crippen molar-refractivity contribution in [2.45, 2.75) is 39.7 Å². The monoisotopic (exact) mass is 362 g/mol. The van der Waals surface area contributed by atoms with Crippen molar-refractivity contribution in [3.8, 4) is 5.75 Å². The fourth-order valence-electron chi connectivity index (χ4n) is 2.42. The first-order valence-electron chi connectivity index (χ1n) is 8.39. The number of carbonyl (C=O) groups excluding carboxylic acids is 1. The Morgan fingerprint density at radius 3 is 2.76 bits per heavy atom. The number of hydrogen-bond donors (Lipinski definition) is 1. The Balaban J connectivity index is 2.10. The molecule has 2 aromatic rings.